The van der Waals surface area contributed by atoms with Crippen LogP contribution in [0.1, 0.15) is 90.0 Å². The molecule has 9 heteroatoms. The molecule has 1 atom stereocenters. The highest BCUT2D eigenvalue weighted by Crippen LogP contribution is 2.37. The van der Waals surface area contributed by atoms with Gasteiger partial charge in [0.25, 0.3) is 0 Å². The fraction of sp³-hybridized carbons (Fsp3) is 0.667. The Balaban J connectivity index is 0.000000960. The number of carbonyl (C=O) groups excluding carboxylic acids is 1. The first-order valence-corrected chi connectivity index (χ1v) is 13.2. The van der Waals surface area contributed by atoms with Gasteiger partial charge in [0.05, 0.1) is 6.61 Å². The summed E-state index contributed by atoms with van der Waals surface area (Å²) in [6.45, 7) is 11.3. The number of benzene rings is 1. The van der Waals surface area contributed by atoms with E-state index in [1.54, 1.807) is 0 Å². The maximum absolute atomic E-state index is 12.1. The van der Waals surface area contributed by atoms with Crippen molar-refractivity contribution in [2.75, 3.05) is 32.8 Å². The Hall–Kier alpha value is -2.81. The van der Waals surface area contributed by atoms with E-state index >= 15 is 0 Å². The predicted octanol–water partition coefficient (Wildman–Crippen LogP) is 5.28. The van der Waals surface area contributed by atoms with Crippen LogP contribution in [-0.4, -0.2) is 65.9 Å². The standard InChI is InChI=1S/C25H42N2O3.C2H2O4/c1-4-7-8-9-10-11-12-15-26-25(28)30-22-13-14-24-23(18-22)21(20-29-24)19-27(16-5-2)17-6-3;3-1(4)2(5)6/h13-14,18,21H,4-12,15-17,19-20H2,1-3H3,(H,26,28);(H,3,4)(H,5,6). The molecular weight excluding hydrogens is 464 g/mol. The van der Waals surface area contributed by atoms with Crippen LogP contribution in [-0.2, 0) is 9.59 Å². The van der Waals surface area contributed by atoms with Crippen LogP contribution in [0.3, 0.4) is 0 Å². The molecular formula is C27H44N2O7. The van der Waals surface area contributed by atoms with E-state index in [9.17, 15) is 4.79 Å². The third kappa shape index (κ3) is 12.8. The van der Waals surface area contributed by atoms with Crippen molar-refractivity contribution in [2.45, 2.75) is 84.5 Å². The van der Waals surface area contributed by atoms with Gasteiger partial charge in [-0.15, -0.1) is 0 Å². The van der Waals surface area contributed by atoms with E-state index in [1.165, 1.54) is 32.1 Å². The minimum absolute atomic E-state index is 0.331. The molecule has 0 spiro atoms. The van der Waals surface area contributed by atoms with E-state index in [0.29, 0.717) is 24.8 Å². The van der Waals surface area contributed by atoms with Crippen molar-refractivity contribution in [3.8, 4) is 11.5 Å². The molecule has 36 heavy (non-hydrogen) atoms. The van der Waals surface area contributed by atoms with Gasteiger partial charge in [-0.2, -0.15) is 0 Å². The van der Waals surface area contributed by atoms with Crippen LogP contribution in [0.4, 0.5) is 4.79 Å². The zero-order valence-corrected chi connectivity index (χ0v) is 22.1. The number of ether oxygens (including phenoxy) is 2. The number of nitrogens with zero attached hydrogens (tertiary/aromatic N) is 1. The van der Waals surface area contributed by atoms with E-state index in [1.807, 2.05) is 18.2 Å². The maximum Gasteiger partial charge on any atom is 0.414 e. The molecule has 0 saturated carbocycles. The smallest absolute Gasteiger partial charge is 0.414 e. The zero-order chi connectivity index (χ0) is 26.8. The number of unbranched alkanes of at least 4 members (excludes halogenated alkanes) is 6. The minimum atomic E-state index is -1.82. The fourth-order valence-corrected chi connectivity index (χ4v) is 4.13. The molecule has 0 radical (unpaired) electrons. The molecule has 0 aromatic heterocycles. The van der Waals surface area contributed by atoms with Crippen LogP contribution in [0.5, 0.6) is 11.5 Å². The highest BCUT2D eigenvalue weighted by atomic mass is 16.6. The topological polar surface area (TPSA) is 125 Å². The first-order chi connectivity index (χ1) is 17.3. The van der Waals surface area contributed by atoms with Crippen LogP contribution in [0.2, 0.25) is 0 Å². The lowest BCUT2D eigenvalue weighted by atomic mass is 10.00. The van der Waals surface area contributed by atoms with Gasteiger partial charge in [0, 0.05) is 24.6 Å². The van der Waals surface area contributed by atoms with Gasteiger partial charge >= 0.3 is 18.0 Å². The number of amides is 1. The molecule has 0 bridgehead atoms. The predicted molar refractivity (Wildman–Crippen MR) is 139 cm³/mol. The molecule has 0 aliphatic carbocycles. The first-order valence-electron chi connectivity index (χ1n) is 13.2. The highest BCUT2D eigenvalue weighted by Gasteiger charge is 2.26. The monoisotopic (exact) mass is 508 g/mol. The molecule has 204 valence electrons. The van der Waals surface area contributed by atoms with E-state index in [-0.39, 0.29) is 6.09 Å². The van der Waals surface area contributed by atoms with Gasteiger partial charge in [-0.05, 0) is 50.6 Å². The Morgan fingerprint density at radius 3 is 2.14 bits per heavy atom. The van der Waals surface area contributed by atoms with Crippen molar-refractivity contribution in [3.63, 3.8) is 0 Å². The van der Waals surface area contributed by atoms with Crippen molar-refractivity contribution in [1.82, 2.24) is 10.2 Å². The Kier molecular flexibility index (Phi) is 16.0. The average Bonchev–Trinajstić information content (AvgIpc) is 3.23. The minimum Gasteiger partial charge on any atom is -0.493 e. The summed E-state index contributed by atoms with van der Waals surface area (Å²) in [5.41, 5.74) is 1.16. The number of fused-ring (bicyclic) bond motifs is 1. The van der Waals surface area contributed by atoms with Gasteiger partial charge in [-0.3, -0.25) is 0 Å². The summed E-state index contributed by atoms with van der Waals surface area (Å²) in [4.78, 5) is 32.8. The summed E-state index contributed by atoms with van der Waals surface area (Å²) in [6.07, 6.45) is 10.6. The van der Waals surface area contributed by atoms with E-state index in [0.717, 1.165) is 56.6 Å². The Morgan fingerprint density at radius 2 is 1.56 bits per heavy atom. The van der Waals surface area contributed by atoms with Crippen molar-refractivity contribution in [2.24, 2.45) is 0 Å². The first kappa shape index (κ1) is 31.2. The molecule has 0 fully saturated rings. The second kappa shape index (κ2) is 18.5. The SMILES string of the molecule is CCCCCCCCCNC(=O)Oc1ccc2c(c1)C(CN(CCC)CCC)CO2.O=C(O)C(=O)O. The number of carbonyl (C=O) groups is 3. The third-order valence-electron chi connectivity index (χ3n) is 5.86. The Labute approximate surface area is 215 Å². The van der Waals surface area contributed by atoms with Crippen molar-refractivity contribution in [1.29, 1.82) is 0 Å². The van der Waals surface area contributed by atoms with Gasteiger partial charge in [-0.1, -0.05) is 59.3 Å². The number of hydrogen-bond acceptors (Lipinski definition) is 6. The summed E-state index contributed by atoms with van der Waals surface area (Å²) < 4.78 is 11.4. The van der Waals surface area contributed by atoms with Gasteiger partial charge in [0.1, 0.15) is 11.5 Å². The largest absolute Gasteiger partial charge is 0.493 e. The summed E-state index contributed by atoms with van der Waals surface area (Å²) in [6, 6.07) is 5.74. The van der Waals surface area contributed by atoms with Crippen molar-refractivity contribution >= 4 is 18.0 Å². The number of aliphatic carboxylic acids is 2. The average molecular weight is 509 g/mol. The molecule has 3 N–H and O–H groups in total. The molecule has 1 heterocycles. The van der Waals surface area contributed by atoms with Crippen LogP contribution in [0.25, 0.3) is 0 Å². The molecule has 1 aliphatic rings. The van der Waals surface area contributed by atoms with Gasteiger partial charge in [-0.25, -0.2) is 14.4 Å². The molecule has 1 unspecified atom stereocenters. The number of carboxylic acid groups (broad SMARTS) is 2. The summed E-state index contributed by atoms with van der Waals surface area (Å²) in [5.74, 6) is -1.80. The number of nitrogens with one attached hydrogen (secondary N) is 1. The summed E-state index contributed by atoms with van der Waals surface area (Å²) in [7, 11) is 0. The Morgan fingerprint density at radius 1 is 0.944 bits per heavy atom. The molecule has 1 amide bonds. The molecule has 0 saturated heterocycles. The second-order valence-electron chi connectivity index (χ2n) is 9.06. The molecule has 1 aromatic carbocycles. The van der Waals surface area contributed by atoms with Gasteiger partial charge in [0.2, 0.25) is 0 Å². The summed E-state index contributed by atoms with van der Waals surface area (Å²) in [5, 5.41) is 17.7. The van der Waals surface area contributed by atoms with E-state index in [2.05, 4.69) is 31.0 Å². The molecule has 9 nitrogen and oxygen atoms in total. The van der Waals surface area contributed by atoms with E-state index < -0.39 is 11.9 Å². The van der Waals surface area contributed by atoms with Crippen molar-refractivity contribution < 1.29 is 34.1 Å². The molecule has 1 aromatic rings. The quantitative estimate of drug-likeness (QED) is 0.216. The Bertz CT molecular complexity index is 782. The van der Waals surface area contributed by atoms with Gasteiger partial charge < -0.3 is 29.9 Å². The third-order valence-corrected chi connectivity index (χ3v) is 5.86. The van der Waals surface area contributed by atoms with Gasteiger partial charge in [0.15, 0.2) is 0 Å². The number of rotatable bonds is 15. The lowest BCUT2D eigenvalue weighted by Gasteiger charge is -2.24. The molecule has 2 rings (SSSR count). The summed E-state index contributed by atoms with van der Waals surface area (Å²) >= 11 is 0. The highest BCUT2D eigenvalue weighted by molar-refractivity contribution is 6.27. The van der Waals surface area contributed by atoms with Crippen molar-refractivity contribution in [3.05, 3.63) is 23.8 Å². The number of hydrogen-bond donors (Lipinski definition) is 3. The number of carboxylic acids is 2. The van der Waals surface area contributed by atoms with Crippen LogP contribution >= 0.6 is 0 Å². The zero-order valence-electron chi connectivity index (χ0n) is 22.1. The van der Waals surface area contributed by atoms with Crippen LogP contribution in [0, 0.1) is 0 Å². The second-order valence-corrected chi connectivity index (χ2v) is 9.06. The fourth-order valence-electron chi connectivity index (χ4n) is 4.13. The lowest BCUT2D eigenvalue weighted by Crippen LogP contribution is -2.31. The van der Waals surface area contributed by atoms with E-state index in [4.69, 9.17) is 29.3 Å². The molecule has 1 aliphatic heterocycles. The normalized spacial score (nSPS) is 13.8. The maximum atomic E-state index is 12.1. The van der Waals surface area contributed by atoms with Crippen LogP contribution < -0.4 is 14.8 Å². The lowest BCUT2D eigenvalue weighted by molar-refractivity contribution is -0.159. The van der Waals surface area contributed by atoms with Crippen LogP contribution in [0.15, 0.2) is 18.2 Å².